The van der Waals surface area contributed by atoms with Crippen LogP contribution in [0.1, 0.15) is 23.7 Å². The minimum absolute atomic E-state index is 0.424. The van der Waals surface area contributed by atoms with Crippen LogP contribution in [0.15, 0.2) is 18.2 Å². The van der Waals surface area contributed by atoms with Crippen molar-refractivity contribution in [3.05, 3.63) is 23.8 Å². The number of carbonyl (C=O) groups is 2. The molecule has 4 nitrogen and oxygen atoms in total. The fourth-order valence-corrected chi connectivity index (χ4v) is 1.76. The van der Waals surface area contributed by atoms with E-state index >= 15 is 0 Å². The van der Waals surface area contributed by atoms with Gasteiger partial charge in [0.15, 0.2) is 0 Å². The highest BCUT2D eigenvalue weighted by molar-refractivity contribution is 6.52. The Bertz CT molecular complexity index is 440. The summed E-state index contributed by atoms with van der Waals surface area (Å²) in [5, 5.41) is 0. The fraction of sp³-hybridized carbons (Fsp3) is 0.273. The quantitative estimate of drug-likeness (QED) is 0.581. The Labute approximate surface area is 87.7 Å². The first-order valence-electron chi connectivity index (χ1n) is 4.91. The van der Waals surface area contributed by atoms with Gasteiger partial charge in [0.25, 0.3) is 11.7 Å². The number of rotatable bonds is 2. The Balaban J connectivity index is 2.50. The molecule has 1 aliphatic rings. The standard InChI is InChI=1S/C11H12N2O2/c1-2-5-13-9-4-3-7(12)6-8(9)10(14)11(13)15/h3-4,6H,2,5,12H2,1H3. The summed E-state index contributed by atoms with van der Waals surface area (Å²) < 4.78 is 0. The molecule has 0 radical (unpaired) electrons. The number of nitrogen functional groups attached to an aromatic ring is 1. The number of ketones is 1. The molecule has 2 N–H and O–H groups in total. The molecular formula is C11H12N2O2. The van der Waals surface area contributed by atoms with Gasteiger partial charge in [0, 0.05) is 12.2 Å². The van der Waals surface area contributed by atoms with Crippen molar-refractivity contribution in [1.82, 2.24) is 0 Å². The van der Waals surface area contributed by atoms with Crippen LogP contribution in [0.2, 0.25) is 0 Å². The number of hydrogen-bond donors (Lipinski definition) is 1. The lowest BCUT2D eigenvalue weighted by molar-refractivity contribution is -0.114. The number of carbonyl (C=O) groups excluding carboxylic acids is 2. The van der Waals surface area contributed by atoms with E-state index in [1.54, 1.807) is 18.2 Å². The van der Waals surface area contributed by atoms with Crippen molar-refractivity contribution >= 4 is 23.1 Å². The van der Waals surface area contributed by atoms with Gasteiger partial charge in [-0.05, 0) is 24.6 Å². The summed E-state index contributed by atoms with van der Waals surface area (Å²) in [6.45, 7) is 2.54. The van der Waals surface area contributed by atoms with E-state index in [1.807, 2.05) is 6.92 Å². The van der Waals surface area contributed by atoms with Crippen molar-refractivity contribution in [2.24, 2.45) is 0 Å². The van der Waals surface area contributed by atoms with Crippen LogP contribution >= 0.6 is 0 Å². The van der Waals surface area contributed by atoms with Crippen molar-refractivity contribution < 1.29 is 9.59 Å². The first-order valence-corrected chi connectivity index (χ1v) is 4.91. The van der Waals surface area contributed by atoms with E-state index in [4.69, 9.17) is 5.73 Å². The first-order chi connectivity index (χ1) is 7.15. The molecule has 2 rings (SSSR count). The highest BCUT2D eigenvalue weighted by atomic mass is 16.2. The minimum Gasteiger partial charge on any atom is -0.399 e. The molecular weight excluding hydrogens is 192 g/mol. The third-order valence-corrected chi connectivity index (χ3v) is 2.44. The van der Waals surface area contributed by atoms with Gasteiger partial charge >= 0.3 is 0 Å². The van der Waals surface area contributed by atoms with Crippen LogP contribution in [-0.2, 0) is 4.79 Å². The molecule has 0 saturated heterocycles. The summed E-state index contributed by atoms with van der Waals surface area (Å²) in [5.41, 5.74) is 7.19. The van der Waals surface area contributed by atoms with Gasteiger partial charge in [0.1, 0.15) is 0 Å². The number of benzene rings is 1. The molecule has 0 saturated carbocycles. The molecule has 0 aromatic heterocycles. The molecule has 1 amide bonds. The van der Waals surface area contributed by atoms with E-state index in [0.717, 1.165) is 6.42 Å². The number of hydrogen-bond acceptors (Lipinski definition) is 3. The van der Waals surface area contributed by atoms with E-state index in [1.165, 1.54) is 4.90 Å². The van der Waals surface area contributed by atoms with Crippen molar-refractivity contribution in [1.29, 1.82) is 0 Å². The molecule has 0 unspecified atom stereocenters. The molecule has 4 heteroatoms. The minimum atomic E-state index is -0.453. The number of anilines is 2. The van der Waals surface area contributed by atoms with Gasteiger partial charge in [-0.25, -0.2) is 0 Å². The molecule has 15 heavy (non-hydrogen) atoms. The van der Waals surface area contributed by atoms with Crippen LogP contribution in [0.3, 0.4) is 0 Å². The zero-order chi connectivity index (χ0) is 11.0. The molecule has 0 fully saturated rings. The summed E-state index contributed by atoms with van der Waals surface area (Å²) in [5.74, 6) is -0.900. The van der Waals surface area contributed by atoms with E-state index in [0.29, 0.717) is 23.5 Å². The number of Topliss-reactive ketones (excluding diaryl/α,β-unsaturated/α-hetero) is 1. The normalized spacial score (nSPS) is 14.6. The summed E-state index contributed by atoms with van der Waals surface area (Å²) in [6, 6.07) is 4.99. The predicted molar refractivity (Wildman–Crippen MR) is 57.8 cm³/mol. The van der Waals surface area contributed by atoms with Crippen molar-refractivity contribution in [2.45, 2.75) is 13.3 Å². The van der Waals surface area contributed by atoms with Crippen LogP contribution in [0, 0.1) is 0 Å². The van der Waals surface area contributed by atoms with Crippen LogP contribution in [0.5, 0.6) is 0 Å². The van der Waals surface area contributed by atoms with Gasteiger partial charge in [0.2, 0.25) is 0 Å². The van der Waals surface area contributed by atoms with E-state index < -0.39 is 11.7 Å². The predicted octanol–water partition coefficient (Wildman–Crippen LogP) is 1.21. The van der Waals surface area contributed by atoms with Gasteiger partial charge in [-0.15, -0.1) is 0 Å². The third-order valence-electron chi connectivity index (χ3n) is 2.44. The van der Waals surface area contributed by atoms with Crippen LogP contribution in [-0.4, -0.2) is 18.2 Å². The molecule has 1 heterocycles. The Morgan fingerprint density at radius 1 is 1.33 bits per heavy atom. The molecule has 1 aromatic carbocycles. The average molecular weight is 204 g/mol. The summed E-state index contributed by atoms with van der Waals surface area (Å²) in [4.78, 5) is 24.7. The van der Waals surface area contributed by atoms with E-state index in [-0.39, 0.29) is 0 Å². The highest BCUT2D eigenvalue weighted by Crippen LogP contribution is 2.30. The molecule has 0 aliphatic carbocycles. The van der Waals surface area contributed by atoms with E-state index in [9.17, 15) is 9.59 Å². The Hall–Kier alpha value is -1.84. The maximum atomic E-state index is 11.6. The first kappa shape index (κ1) is 9.71. The Morgan fingerprint density at radius 3 is 2.73 bits per heavy atom. The lowest BCUT2D eigenvalue weighted by Gasteiger charge is -2.14. The molecule has 78 valence electrons. The molecule has 0 atom stereocenters. The second-order valence-corrected chi connectivity index (χ2v) is 3.56. The summed E-state index contributed by atoms with van der Waals surface area (Å²) >= 11 is 0. The fourth-order valence-electron chi connectivity index (χ4n) is 1.76. The van der Waals surface area contributed by atoms with E-state index in [2.05, 4.69) is 0 Å². The Kier molecular flexibility index (Phi) is 2.19. The average Bonchev–Trinajstić information content (AvgIpc) is 2.44. The van der Waals surface area contributed by atoms with Gasteiger partial charge in [-0.2, -0.15) is 0 Å². The topological polar surface area (TPSA) is 63.4 Å². The second-order valence-electron chi connectivity index (χ2n) is 3.56. The van der Waals surface area contributed by atoms with Gasteiger partial charge < -0.3 is 10.6 Å². The number of nitrogens with two attached hydrogens (primary N) is 1. The summed E-state index contributed by atoms with van der Waals surface area (Å²) in [7, 11) is 0. The number of fused-ring (bicyclic) bond motifs is 1. The third kappa shape index (κ3) is 1.38. The second kappa shape index (κ2) is 3.38. The zero-order valence-electron chi connectivity index (χ0n) is 8.49. The molecule has 0 spiro atoms. The van der Waals surface area contributed by atoms with Crippen molar-refractivity contribution in [3.8, 4) is 0 Å². The largest absolute Gasteiger partial charge is 0.399 e. The molecule has 1 aromatic rings. The lowest BCUT2D eigenvalue weighted by Crippen LogP contribution is -2.30. The lowest BCUT2D eigenvalue weighted by atomic mass is 10.1. The van der Waals surface area contributed by atoms with Gasteiger partial charge in [0.05, 0.1) is 11.3 Å². The molecule has 1 aliphatic heterocycles. The molecule has 0 bridgehead atoms. The SMILES string of the molecule is CCCN1C(=O)C(=O)c2cc(N)ccc21. The zero-order valence-corrected chi connectivity index (χ0v) is 8.49. The van der Waals surface area contributed by atoms with Crippen LogP contribution in [0.4, 0.5) is 11.4 Å². The highest BCUT2D eigenvalue weighted by Gasteiger charge is 2.34. The summed E-state index contributed by atoms with van der Waals surface area (Å²) in [6.07, 6.45) is 0.822. The Morgan fingerprint density at radius 2 is 2.07 bits per heavy atom. The maximum Gasteiger partial charge on any atom is 0.299 e. The van der Waals surface area contributed by atoms with Gasteiger partial charge in [-0.1, -0.05) is 6.92 Å². The number of amides is 1. The smallest absolute Gasteiger partial charge is 0.299 e. The maximum absolute atomic E-state index is 11.6. The van der Waals surface area contributed by atoms with Crippen molar-refractivity contribution in [3.63, 3.8) is 0 Å². The van der Waals surface area contributed by atoms with Crippen LogP contribution < -0.4 is 10.6 Å². The van der Waals surface area contributed by atoms with Crippen molar-refractivity contribution in [2.75, 3.05) is 17.2 Å². The number of nitrogens with zero attached hydrogens (tertiary/aromatic N) is 1. The monoisotopic (exact) mass is 204 g/mol. The van der Waals surface area contributed by atoms with Crippen LogP contribution in [0.25, 0.3) is 0 Å². The van der Waals surface area contributed by atoms with Gasteiger partial charge in [-0.3, -0.25) is 9.59 Å².